The molecule has 0 spiro atoms. The number of unbranched alkanes of at least 4 members (excludes halogenated alkanes) is 1. The minimum atomic E-state index is -0.843. The number of amides is 2. The van der Waals surface area contributed by atoms with Gasteiger partial charge < -0.3 is 15.2 Å². The van der Waals surface area contributed by atoms with Crippen molar-refractivity contribution in [2.45, 2.75) is 52.6 Å². The van der Waals surface area contributed by atoms with Gasteiger partial charge in [0.1, 0.15) is 5.60 Å². The predicted octanol–water partition coefficient (Wildman–Crippen LogP) is 4.05. The van der Waals surface area contributed by atoms with E-state index in [4.69, 9.17) is 9.84 Å². The summed E-state index contributed by atoms with van der Waals surface area (Å²) in [5, 5.41) is 14.0. The first-order chi connectivity index (χ1) is 12.6. The fraction of sp³-hybridized carbons (Fsp3) is 0.450. The quantitative estimate of drug-likeness (QED) is 0.594. The average Bonchev–Trinajstić information content (AvgIpc) is 2.52. The highest BCUT2D eigenvalue weighted by Gasteiger charge is 2.17. The highest BCUT2D eigenvalue weighted by Crippen LogP contribution is 2.19. The van der Waals surface area contributed by atoms with Gasteiger partial charge in [-0.1, -0.05) is 12.2 Å². The lowest BCUT2D eigenvalue weighted by Gasteiger charge is -2.20. The van der Waals surface area contributed by atoms with Crippen LogP contribution < -0.4 is 10.6 Å². The molecule has 0 aliphatic rings. The van der Waals surface area contributed by atoms with Crippen LogP contribution in [0, 0.1) is 0 Å². The summed E-state index contributed by atoms with van der Waals surface area (Å²) in [5.74, 6) is -1.09. The molecule has 1 aromatic carbocycles. The van der Waals surface area contributed by atoms with Gasteiger partial charge >= 0.3 is 12.1 Å². The largest absolute Gasteiger partial charge is 0.481 e. The molecule has 0 radical (unpaired) electrons. The van der Waals surface area contributed by atoms with Gasteiger partial charge in [-0.2, -0.15) is 0 Å². The number of benzene rings is 1. The summed E-state index contributed by atoms with van der Waals surface area (Å²) in [6, 6.07) is 4.97. The third-order valence-electron chi connectivity index (χ3n) is 3.39. The minimum Gasteiger partial charge on any atom is -0.481 e. The van der Waals surface area contributed by atoms with Crippen LogP contribution in [0.25, 0.3) is 6.08 Å². The maximum atomic E-state index is 12.4. The van der Waals surface area contributed by atoms with E-state index in [-0.39, 0.29) is 12.3 Å². The Bertz CT molecular complexity index is 705. The number of hydrogen-bond acceptors (Lipinski definition) is 4. The molecule has 0 bridgehead atoms. The fourth-order valence-electron chi connectivity index (χ4n) is 2.28. The Hall–Kier alpha value is -2.83. The van der Waals surface area contributed by atoms with Gasteiger partial charge in [0.05, 0.1) is 0 Å². The smallest absolute Gasteiger partial charge is 0.412 e. The molecule has 0 saturated heterocycles. The van der Waals surface area contributed by atoms with Gasteiger partial charge in [-0.05, 0) is 64.3 Å². The monoisotopic (exact) mass is 376 g/mol. The van der Waals surface area contributed by atoms with Gasteiger partial charge in [0, 0.05) is 24.2 Å². The van der Waals surface area contributed by atoms with Crippen LogP contribution in [0.1, 0.15) is 62.9 Å². The van der Waals surface area contributed by atoms with Crippen molar-refractivity contribution in [2.75, 3.05) is 11.9 Å². The van der Waals surface area contributed by atoms with Crippen LogP contribution in [0.4, 0.5) is 10.5 Å². The van der Waals surface area contributed by atoms with Gasteiger partial charge in [0.2, 0.25) is 0 Å². The molecule has 1 aromatic rings. The highest BCUT2D eigenvalue weighted by atomic mass is 16.6. The molecule has 2 amide bonds. The number of carboxylic acids is 1. The molecule has 0 atom stereocenters. The van der Waals surface area contributed by atoms with Gasteiger partial charge in [0.15, 0.2) is 0 Å². The number of ether oxygens (including phenoxy) is 1. The number of carbonyl (C=O) groups excluding carboxylic acids is 2. The average molecular weight is 376 g/mol. The molecule has 0 heterocycles. The second-order valence-electron chi connectivity index (χ2n) is 7.04. The molecule has 0 fully saturated rings. The lowest BCUT2D eigenvalue weighted by molar-refractivity contribution is -0.137. The number of allylic oxidation sites excluding steroid dienone is 1. The summed E-state index contributed by atoms with van der Waals surface area (Å²) in [6.07, 6.45) is 4.20. The molecule has 27 heavy (non-hydrogen) atoms. The standard InChI is InChI=1S/C20H28N2O5/c1-5-8-14-13-15(22-19(26)27-20(2,3)4)10-11-16(14)18(25)21-12-7-6-9-17(23)24/h5,8,10-11,13H,6-7,9,12H2,1-4H3,(H,21,25)(H,22,26)(H,23,24)/b8-5+. The predicted molar refractivity (Wildman–Crippen MR) is 105 cm³/mol. The Balaban J connectivity index is 2.76. The molecule has 7 nitrogen and oxygen atoms in total. The number of nitrogens with one attached hydrogen (secondary N) is 2. The van der Waals surface area contributed by atoms with Crippen molar-refractivity contribution < 1.29 is 24.2 Å². The van der Waals surface area contributed by atoms with Crippen LogP contribution in [0.15, 0.2) is 24.3 Å². The zero-order chi connectivity index (χ0) is 20.4. The summed E-state index contributed by atoms with van der Waals surface area (Å²) < 4.78 is 5.22. The maximum absolute atomic E-state index is 12.4. The van der Waals surface area contributed by atoms with Crippen molar-refractivity contribution >= 4 is 29.7 Å². The van der Waals surface area contributed by atoms with Crippen molar-refractivity contribution in [1.29, 1.82) is 0 Å². The van der Waals surface area contributed by atoms with Gasteiger partial charge in [-0.15, -0.1) is 0 Å². The van der Waals surface area contributed by atoms with Crippen LogP contribution in [-0.4, -0.2) is 35.2 Å². The van der Waals surface area contributed by atoms with Crippen LogP contribution in [0.3, 0.4) is 0 Å². The normalized spacial score (nSPS) is 11.3. The molecule has 0 aliphatic carbocycles. The van der Waals surface area contributed by atoms with Crippen LogP contribution in [0.2, 0.25) is 0 Å². The summed E-state index contributed by atoms with van der Waals surface area (Å²) in [5.41, 5.74) is 1.06. The molecule has 148 valence electrons. The second kappa shape index (κ2) is 10.4. The molecular weight excluding hydrogens is 348 g/mol. The van der Waals surface area contributed by atoms with Crippen LogP contribution >= 0.6 is 0 Å². The van der Waals surface area contributed by atoms with E-state index >= 15 is 0 Å². The van der Waals surface area contributed by atoms with Gasteiger partial charge in [0.25, 0.3) is 5.91 Å². The summed E-state index contributed by atoms with van der Waals surface area (Å²) in [6.45, 7) is 7.58. The summed E-state index contributed by atoms with van der Waals surface area (Å²) in [4.78, 5) is 34.8. The Morgan fingerprint density at radius 1 is 1.19 bits per heavy atom. The molecule has 7 heteroatoms. The van der Waals surface area contributed by atoms with Crippen molar-refractivity contribution in [3.8, 4) is 0 Å². The second-order valence-corrected chi connectivity index (χ2v) is 7.04. The molecular formula is C20H28N2O5. The van der Waals surface area contributed by atoms with E-state index < -0.39 is 17.7 Å². The Kier molecular flexibility index (Phi) is 8.51. The number of carbonyl (C=O) groups is 3. The zero-order valence-electron chi connectivity index (χ0n) is 16.3. The van der Waals surface area contributed by atoms with E-state index in [0.717, 1.165) is 0 Å². The molecule has 1 rings (SSSR count). The number of anilines is 1. The van der Waals surface area contributed by atoms with E-state index in [1.165, 1.54) is 0 Å². The highest BCUT2D eigenvalue weighted by molar-refractivity contribution is 5.99. The first kappa shape index (κ1) is 22.2. The number of hydrogen-bond donors (Lipinski definition) is 3. The Labute approximate surface area is 159 Å². The zero-order valence-corrected chi connectivity index (χ0v) is 16.3. The number of carboxylic acid groups (broad SMARTS) is 1. The maximum Gasteiger partial charge on any atom is 0.412 e. The van der Waals surface area contributed by atoms with E-state index in [9.17, 15) is 14.4 Å². The SMILES string of the molecule is C/C=C/c1cc(NC(=O)OC(C)(C)C)ccc1C(=O)NCCCCC(=O)O. The van der Waals surface area contributed by atoms with Crippen molar-refractivity contribution in [3.63, 3.8) is 0 Å². The van der Waals surface area contributed by atoms with Gasteiger partial charge in [-0.25, -0.2) is 4.79 Å². The molecule has 0 unspecified atom stereocenters. The molecule has 0 aromatic heterocycles. The van der Waals surface area contributed by atoms with Gasteiger partial charge in [-0.3, -0.25) is 14.9 Å². The molecule has 0 saturated carbocycles. The summed E-state index contributed by atoms with van der Waals surface area (Å²) >= 11 is 0. The molecule has 0 aliphatic heterocycles. The Morgan fingerprint density at radius 3 is 2.48 bits per heavy atom. The van der Waals surface area contributed by atoms with E-state index in [1.807, 2.05) is 6.92 Å². The van der Waals surface area contributed by atoms with E-state index in [1.54, 1.807) is 51.1 Å². The topological polar surface area (TPSA) is 105 Å². The van der Waals surface area contributed by atoms with Crippen molar-refractivity contribution in [3.05, 3.63) is 35.4 Å². The van der Waals surface area contributed by atoms with Crippen molar-refractivity contribution in [2.24, 2.45) is 0 Å². The summed E-state index contributed by atoms with van der Waals surface area (Å²) in [7, 11) is 0. The number of aliphatic carboxylic acids is 1. The van der Waals surface area contributed by atoms with E-state index in [2.05, 4.69) is 10.6 Å². The first-order valence-corrected chi connectivity index (χ1v) is 8.89. The Morgan fingerprint density at radius 2 is 1.89 bits per heavy atom. The number of rotatable bonds is 8. The van der Waals surface area contributed by atoms with Crippen LogP contribution in [0.5, 0.6) is 0 Å². The lowest BCUT2D eigenvalue weighted by atomic mass is 10.0. The third-order valence-corrected chi connectivity index (χ3v) is 3.39. The first-order valence-electron chi connectivity index (χ1n) is 8.89. The minimum absolute atomic E-state index is 0.0880. The lowest BCUT2D eigenvalue weighted by Crippen LogP contribution is -2.27. The third kappa shape index (κ3) is 8.89. The fourth-order valence-corrected chi connectivity index (χ4v) is 2.28. The van der Waals surface area contributed by atoms with Crippen molar-refractivity contribution in [1.82, 2.24) is 5.32 Å². The van der Waals surface area contributed by atoms with Crippen LogP contribution in [-0.2, 0) is 9.53 Å². The van der Waals surface area contributed by atoms with E-state index in [0.29, 0.717) is 36.2 Å². The molecule has 3 N–H and O–H groups in total.